The lowest BCUT2D eigenvalue weighted by atomic mass is 9.97. The Morgan fingerprint density at radius 1 is 1.20 bits per heavy atom. The fraction of sp³-hybridized carbons (Fsp3) is 0.400. The molecule has 1 saturated heterocycles. The maximum atomic E-state index is 5.86. The number of hydrogen-bond acceptors (Lipinski definition) is 5. The predicted octanol–water partition coefficient (Wildman–Crippen LogP) is 3.22. The fourth-order valence-corrected chi connectivity index (χ4v) is 3.50. The minimum Gasteiger partial charge on any atom is -0.464 e. The molecule has 1 aromatic carbocycles. The van der Waals surface area contributed by atoms with E-state index in [-0.39, 0.29) is 0 Å². The SMILES string of the molecule is Cc1cnc(CN2CCOC[C@@H](Cc3cccc4occc34)C2)cn1. The third-order valence-electron chi connectivity index (χ3n) is 4.74. The first-order valence-electron chi connectivity index (χ1n) is 8.80. The number of aromatic nitrogens is 2. The largest absolute Gasteiger partial charge is 0.464 e. The number of benzene rings is 1. The van der Waals surface area contributed by atoms with E-state index in [2.05, 4.69) is 33.1 Å². The van der Waals surface area contributed by atoms with Gasteiger partial charge in [-0.3, -0.25) is 14.9 Å². The zero-order chi connectivity index (χ0) is 17.1. The third-order valence-corrected chi connectivity index (χ3v) is 4.74. The van der Waals surface area contributed by atoms with Crippen LogP contribution in [0.3, 0.4) is 0 Å². The average Bonchev–Trinajstić information content (AvgIpc) is 3.00. The van der Waals surface area contributed by atoms with Crippen molar-refractivity contribution in [3.8, 4) is 0 Å². The standard InChI is InChI=1S/C20H23N3O2/c1-15-10-22-18(11-21-15)13-23-6-8-24-14-16(12-23)9-17-3-2-4-20-19(17)5-7-25-20/h2-5,7,10-11,16H,6,8-9,12-14H2,1H3/t16-/m0/s1. The minimum atomic E-state index is 0.460. The van der Waals surface area contributed by atoms with Crippen LogP contribution in [0.1, 0.15) is 17.0 Å². The lowest BCUT2D eigenvalue weighted by molar-refractivity contribution is 0.122. The Morgan fingerprint density at radius 2 is 2.16 bits per heavy atom. The molecule has 0 radical (unpaired) electrons. The van der Waals surface area contributed by atoms with Gasteiger partial charge in [-0.2, -0.15) is 0 Å². The highest BCUT2D eigenvalue weighted by atomic mass is 16.5. The zero-order valence-corrected chi connectivity index (χ0v) is 14.5. The molecule has 1 aliphatic heterocycles. The summed E-state index contributed by atoms with van der Waals surface area (Å²) in [5, 5.41) is 1.21. The van der Waals surface area contributed by atoms with Crippen LogP contribution in [0.5, 0.6) is 0 Å². The number of ether oxygens (including phenoxy) is 1. The lowest BCUT2D eigenvalue weighted by Crippen LogP contribution is -2.30. The molecule has 5 heteroatoms. The molecule has 0 bridgehead atoms. The molecule has 25 heavy (non-hydrogen) atoms. The van der Waals surface area contributed by atoms with Crippen LogP contribution in [0, 0.1) is 12.8 Å². The molecule has 130 valence electrons. The van der Waals surface area contributed by atoms with Crippen LogP contribution >= 0.6 is 0 Å². The quantitative estimate of drug-likeness (QED) is 0.732. The van der Waals surface area contributed by atoms with E-state index in [1.54, 1.807) is 6.26 Å². The summed E-state index contributed by atoms with van der Waals surface area (Å²) < 4.78 is 11.4. The monoisotopic (exact) mass is 337 g/mol. The molecule has 3 heterocycles. The van der Waals surface area contributed by atoms with E-state index in [9.17, 15) is 0 Å². The van der Waals surface area contributed by atoms with E-state index in [1.807, 2.05) is 25.4 Å². The molecule has 3 aromatic rings. The second-order valence-corrected chi connectivity index (χ2v) is 6.78. The smallest absolute Gasteiger partial charge is 0.134 e. The second-order valence-electron chi connectivity index (χ2n) is 6.78. The number of hydrogen-bond donors (Lipinski definition) is 0. The molecular weight excluding hydrogens is 314 g/mol. The van der Waals surface area contributed by atoms with Crippen molar-refractivity contribution in [2.75, 3.05) is 26.3 Å². The Bertz CT molecular complexity index is 828. The normalized spacial score (nSPS) is 19.2. The van der Waals surface area contributed by atoms with Gasteiger partial charge in [0.2, 0.25) is 0 Å². The highest BCUT2D eigenvalue weighted by Gasteiger charge is 2.20. The summed E-state index contributed by atoms with van der Waals surface area (Å²) in [6, 6.07) is 8.34. The van der Waals surface area contributed by atoms with Gasteiger partial charge in [-0.25, -0.2) is 0 Å². The Kier molecular flexibility index (Phi) is 4.76. The van der Waals surface area contributed by atoms with Crippen molar-refractivity contribution in [3.63, 3.8) is 0 Å². The van der Waals surface area contributed by atoms with Crippen LogP contribution in [0.2, 0.25) is 0 Å². The predicted molar refractivity (Wildman–Crippen MR) is 96.3 cm³/mol. The Labute approximate surface area is 147 Å². The van der Waals surface area contributed by atoms with Crippen molar-refractivity contribution in [2.45, 2.75) is 19.9 Å². The summed E-state index contributed by atoms with van der Waals surface area (Å²) in [6.07, 6.45) is 6.47. The molecule has 0 unspecified atom stereocenters. The molecule has 0 spiro atoms. The van der Waals surface area contributed by atoms with Gasteiger partial charge < -0.3 is 9.15 Å². The van der Waals surface area contributed by atoms with Crippen LogP contribution in [0.4, 0.5) is 0 Å². The van der Waals surface area contributed by atoms with Gasteiger partial charge in [0, 0.05) is 37.4 Å². The van der Waals surface area contributed by atoms with Crippen molar-refractivity contribution < 1.29 is 9.15 Å². The van der Waals surface area contributed by atoms with E-state index >= 15 is 0 Å². The number of furan rings is 1. The van der Waals surface area contributed by atoms with Gasteiger partial charge in [0.1, 0.15) is 5.58 Å². The molecule has 5 nitrogen and oxygen atoms in total. The molecule has 2 aromatic heterocycles. The molecule has 1 fully saturated rings. The van der Waals surface area contributed by atoms with E-state index in [0.29, 0.717) is 5.92 Å². The summed E-state index contributed by atoms with van der Waals surface area (Å²) in [4.78, 5) is 11.3. The second kappa shape index (κ2) is 7.33. The Morgan fingerprint density at radius 3 is 3.04 bits per heavy atom. The van der Waals surface area contributed by atoms with Gasteiger partial charge in [-0.15, -0.1) is 0 Å². The molecule has 0 saturated carbocycles. The summed E-state index contributed by atoms with van der Waals surface area (Å²) in [6.45, 7) is 6.29. The highest BCUT2D eigenvalue weighted by Crippen LogP contribution is 2.23. The number of nitrogens with zero attached hydrogens (tertiary/aromatic N) is 3. The summed E-state index contributed by atoms with van der Waals surface area (Å²) in [7, 11) is 0. The topological polar surface area (TPSA) is 51.4 Å². The van der Waals surface area contributed by atoms with Crippen LogP contribution in [-0.2, 0) is 17.7 Å². The zero-order valence-electron chi connectivity index (χ0n) is 14.5. The summed E-state index contributed by atoms with van der Waals surface area (Å²) >= 11 is 0. The van der Waals surface area contributed by atoms with E-state index in [4.69, 9.17) is 9.15 Å². The minimum absolute atomic E-state index is 0.460. The maximum Gasteiger partial charge on any atom is 0.134 e. The lowest BCUT2D eigenvalue weighted by Gasteiger charge is -2.23. The van der Waals surface area contributed by atoms with Gasteiger partial charge in [0.15, 0.2) is 0 Å². The molecule has 0 aliphatic carbocycles. The van der Waals surface area contributed by atoms with Crippen molar-refractivity contribution in [2.24, 2.45) is 5.92 Å². The molecule has 4 rings (SSSR count). The van der Waals surface area contributed by atoms with Gasteiger partial charge >= 0.3 is 0 Å². The Balaban J connectivity index is 1.46. The van der Waals surface area contributed by atoms with E-state index < -0.39 is 0 Å². The number of rotatable bonds is 4. The number of fused-ring (bicyclic) bond motifs is 1. The fourth-order valence-electron chi connectivity index (χ4n) is 3.50. The van der Waals surface area contributed by atoms with Gasteiger partial charge in [-0.1, -0.05) is 12.1 Å². The Hall–Kier alpha value is -2.24. The van der Waals surface area contributed by atoms with Crippen molar-refractivity contribution in [1.29, 1.82) is 0 Å². The van der Waals surface area contributed by atoms with Crippen LogP contribution in [0.25, 0.3) is 11.0 Å². The van der Waals surface area contributed by atoms with Crippen molar-refractivity contribution >= 4 is 11.0 Å². The summed E-state index contributed by atoms with van der Waals surface area (Å²) in [5.74, 6) is 0.460. The molecule has 1 atom stereocenters. The first kappa shape index (κ1) is 16.2. The van der Waals surface area contributed by atoms with Crippen LogP contribution < -0.4 is 0 Å². The molecule has 0 N–H and O–H groups in total. The molecular formula is C20H23N3O2. The summed E-state index contributed by atoms with van der Waals surface area (Å²) in [5.41, 5.74) is 4.26. The van der Waals surface area contributed by atoms with Crippen LogP contribution in [0.15, 0.2) is 47.3 Å². The van der Waals surface area contributed by atoms with E-state index in [1.165, 1.54) is 10.9 Å². The number of aryl methyl sites for hydroxylation is 1. The highest BCUT2D eigenvalue weighted by molar-refractivity contribution is 5.80. The average molecular weight is 337 g/mol. The first-order valence-corrected chi connectivity index (χ1v) is 8.80. The van der Waals surface area contributed by atoms with Gasteiger partial charge in [0.05, 0.1) is 30.9 Å². The third kappa shape index (κ3) is 3.89. The van der Waals surface area contributed by atoms with E-state index in [0.717, 1.165) is 56.2 Å². The van der Waals surface area contributed by atoms with Gasteiger partial charge in [0.25, 0.3) is 0 Å². The van der Waals surface area contributed by atoms with Gasteiger partial charge in [-0.05, 0) is 37.0 Å². The van der Waals surface area contributed by atoms with Crippen molar-refractivity contribution in [3.05, 3.63) is 59.9 Å². The molecule has 1 aliphatic rings. The first-order chi connectivity index (χ1) is 12.3. The maximum absolute atomic E-state index is 5.86. The van der Waals surface area contributed by atoms with Crippen LogP contribution in [-0.4, -0.2) is 41.2 Å². The molecule has 0 amide bonds. The van der Waals surface area contributed by atoms with Crippen molar-refractivity contribution in [1.82, 2.24) is 14.9 Å².